The van der Waals surface area contributed by atoms with E-state index in [0.717, 1.165) is 25.3 Å². The van der Waals surface area contributed by atoms with E-state index in [0.29, 0.717) is 18.1 Å². The molecule has 6 nitrogen and oxygen atoms in total. The lowest BCUT2D eigenvalue weighted by molar-refractivity contribution is 0.103. The molecule has 1 aromatic rings. The number of hydrogen-bond donors (Lipinski definition) is 0. The van der Waals surface area contributed by atoms with Crippen molar-refractivity contribution in [2.45, 2.75) is 65.2 Å². The number of piperidine rings is 1. The summed E-state index contributed by atoms with van der Waals surface area (Å²) in [6, 6.07) is 1.84. The van der Waals surface area contributed by atoms with E-state index in [1.807, 2.05) is 0 Å². The molecule has 0 saturated carbocycles. The molecule has 24 heavy (non-hydrogen) atoms. The molecular weight excluding hydrogens is 300 g/mol. The van der Waals surface area contributed by atoms with Crippen LogP contribution in [0.25, 0.3) is 0 Å². The zero-order chi connectivity index (χ0) is 17.1. The molecule has 0 atom stereocenters. The summed E-state index contributed by atoms with van der Waals surface area (Å²) in [6.45, 7) is 17.0. The lowest BCUT2D eigenvalue weighted by atomic mass is 10.0. The van der Waals surface area contributed by atoms with Crippen LogP contribution in [0.4, 0.5) is 0 Å². The van der Waals surface area contributed by atoms with Crippen LogP contribution >= 0.6 is 0 Å². The molecule has 2 fully saturated rings. The maximum atomic E-state index is 4.44. The van der Waals surface area contributed by atoms with Crippen LogP contribution in [0, 0.1) is 0 Å². The molecule has 0 amide bonds. The molecule has 0 aliphatic carbocycles. The van der Waals surface area contributed by atoms with Crippen LogP contribution in [0.2, 0.25) is 0 Å². The van der Waals surface area contributed by atoms with Crippen molar-refractivity contribution < 1.29 is 0 Å². The van der Waals surface area contributed by atoms with E-state index in [2.05, 4.69) is 63.6 Å². The highest BCUT2D eigenvalue weighted by Gasteiger charge is 2.24. The van der Waals surface area contributed by atoms with Crippen molar-refractivity contribution in [2.24, 2.45) is 0 Å². The fourth-order valence-corrected chi connectivity index (χ4v) is 3.90. The lowest BCUT2D eigenvalue weighted by Gasteiger charge is -2.36. The first kappa shape index (κ1) is 17.8. The highest BCUT2D eigenvalue weighted by molar-refractivity contribution is 4.95. The summed E-state index contributed by atoms with van der Waals surface area (Å²) in [5.41, 5.74) is 1.12. The molecule has 2 aliphatic heterocycles. The van der Waals surface area contributed by atoms with E-state index in [9.17, 15) is 0 Å². The fraction of sp³-hybridized carbons (Fsp3) is 0.889. The Hall–Kier alpha value is -0.980. The monoisotopic (exact) mass is 334 g/mol. The van der Waals surface area contributed by atoms with Gasteiger partial charge < -0.3 is 4.90 Å². The average Bonchev–Trinajstić information content (AvgIpc) is 3.04. The van der Waals surface area contributed by atoms with Gasteiger partial charge in [0.25, 0.3) is 0 Å². The molecule has 0 N–H and O–H groups in total. The molecule has 3 heterocycles. The van der Waals surface area contributed by atoms with Gasteiger partial charge in [-0.2, -0.15) is 0 Å². The van der Waals surface area contributed by atoms with Crippen LogP contribution in [0.15, 0.2) is 6.20 Å². The van der Waals surface area contributed by atoms with Gasteiger partial charge in [0.15, 0.2) is 0 Å². The quantitative estimate of drug-likeness (QED) is 0.822. The number of piperazine rings is 1. The van der Waals surface area contributed by atoms with Gasteiger partial charge in [-0.05, 0) is 40.5 Å². The van der Waals surface area contributed by atoms with Gasteiger partial charge in [-0.15, -0.1) is 5.10 Å². The minimum Gasteiger partial charge on any atom is -0.301 e. The molecule has 0 radical (unpaired) electrons. The van der Waals surface area contributed by atoms with E-state index < -0.39 is 0 Å². The van der Waals surface area contributed by atoms with Crippen LogP contribution in [-0.4, -0.2) is 81.0 Å². The summed E-state index contributed by atoms with van der Waals surface area (Å²) in [7, 11) is 0. The highest BCUT2D eigenvalue weighted by Crippen LogP contribution is 2.23. The smallest absolute Gasteiger partial charge is 0.0967 e. The van der Waals surface area contributed by atoms with Crippen LogP contribution in [0.5, 0.6) is 0 Å². The third-order valence-corrected chi connectivity index (χ3v) is 5.68. The standard InChI is InChI=1S/C18H34N6/c1-15(2)22-7-5-18(6-8-22)24-14-17(19-20-24)13-21-9-11-23(12-10-21)16(3)4/h14-16,18H,5-13H2,1-4H3. The highest BCUT2D eigenvalue weighted by atomic mass is 15.4. The van der Waals surface area contributed by atoms with Crippen LogP contribution in [0.1, 0.15) is 52.3 Å². The summed E-state index contributed by atoms with van der Waals surface area (Å²) in [6.07, 6.45) is 4.56. The van der Waals surface area contributed by atoms with Crippen LogP contribution in [-0.2, 0) is 6.54 Å². The first-order chi connectivity index (χ1) is 11.5. The Labute approximate surface area is 146 Å². The van der Waals surface area contributed by atoms with Gasteiger partial charge in [0.2, 0.25) is 0 Å². The summed E-state index contributed by atoms with van der Waals surface area (Å²) >= 11 is 0. The molecule has 0 spiro atoms. The first-order valence-corrected chi connectivity index (χ1v) is 9.64. The Balaban J connectivity index is 1.48. The largest absolute Gasteiger partial charge is 0.301 e. The Bertz CT molecular complexity index is 495. The number of rotatable bonds is 5. The van der Waals surface area contributed by atoms with E-state index in [1.165, 1.54) is 39.0 Å². The third kappa shape index (κ3) is 4.35. The van der Waals surface area contributed by atoms with Crippen molar-refractivity contribution in [1.29, 1.82) is 0 Å². The van der Waals surface area contributed by atoms with E-state index in [-0.39, 0.29) is 0 Å². The van der Waals surface area contributed by atoms with E-state index in [1.54, 1.807) is 0 Å². The fourth-order valence-electron chi connectivity index (χ4n) is 3.90. The second-order valence-corrected chi connectivity index (χ2v) is 7.96. The molecular formula is C18H34N6. The molecule has 2 aliphatic rings. The topological polar surface area (TPSA) is 40.4 Å². The third-order valence-electron chi connectivity index (χ3n) is 5.68. The molecule has 6 heteroatoms. The lowest BCUT2D eigenvalue weighted by Crippen LogP contribution is -2.48. The van der Waals surface area contributed by atoms with Gasteiger partial charge in [-0.1, -0.05) is 5.21 Å². The second-order valence-electron chi connectivity index (χ2n) is 7.96. The molecule has 136 valence electrons. The Morgan fingerprint density at radius 3 is 2.08 bits per heavy atom. The minimum absolute atomic E-state index is 0.527. The summed E-state index contributed by atoms with van der Waals surface area (Å²) in [5.74, 6) is 0. The maximum absolute atomic E-state index is 4.44. The predicted molar refractivity (Wildman–Crippen MR) is 97.0 cm³/mol. The van der Waals surface area contributed by atoms with Crippen molar-refractivity contribution in [2.75, 3.05) is 39.3 Å². The second kappa shape index (κ2) is 7.93. The normalized spacial score (nSPS) is 22.8. The van der Waals surface area contributed by atoms with Gasteiger partial charge in [-0.25, -0.2) is 4.68 Å². The van der Waals surface area contributed by atoms with Gasteiger partial charge >= 0.3 is 0 Å². The summed E-state index contributed by atoms with van der Waals surface area (Å²) in [4.78, 5) is 7.62. The van der Waals surface area contributed by atoms with Crippen molar-refractivity contribution in [3.8, 4) is 0 Å². The van der Waals surface area contributed by atoms with E-state index >= 15 is 0 Å². The van der Waals surface area contributed by atoms with Crippen molar-refractivity contribution in [3.63, 3.8) is 0 Å². The van der Waals surface area contributed by atoms with Crippen molar-refractivity contribution >= 4 is 0 Å². The van der Waals surface area contributed by atoms with Gasteiger partial charge in [0.1, 0.15) is 0 Å². The molecule has 1 aromatic heterocycles. The average molecular weight is 335 g/mol. The maximum Gasteiger partial charge on any atom is 0.0967 e. The van der Waals surface area contributed by atoms with Crippen LogP contribution < -0.4 is 0 Å². The molecule has 0 aromatic carbocycles. The number of likely N-dealkylation sites (tertiary alicyclic amines) is 1. The molecule has 0 bridgehead atoms. The van der Waals surface area contributed by atoms with Gasteiger partial charge in [-0.3, -0.25) is 9.80 Å². The number of aromatic nitrogens is 3. The van der Waals surface area contributed by atoms with Gasteiger partial charge in [0.05, 0.1) is 17.9 Å². The van der Waals surface area contributed by atoms with E-state index in [4.69, 9.17) is 0 Å². The number of hydrogen-bond acceptors (Lipinski definition) is 5. The van der Waals surface area contributed by atoms with Crippen LogP contribution in [0.3, 0.4) is 0 Å². The molecule has 3 rings (SSSR count). The number of nitrogens with zero attached hydrogens (tertiary/aromatic N) is 6. The zero-order valence-electron chi connectivity index (χ0n) is 15.9. The Morgan fingerprint density at radius 2 is 1.50 bits per heavy atom. The predicted octanol–water partition coefficient (Wildman–Crippen LogP) is 1.85. The molecule has 2 saturated heterocycles. The SMILES string of the molecule is CC(C)N1CCC(n2cc(CN3CCN(C(C)C)CC3)nn2)CC1. The Kier molecular flexibility index (Phi) is 5.89. The summed E-state index contributed by atoms with van der Waals surface area (Å²) in [5, 5.41) is 8.87. The van der Waals surface area contributed by atoms with Crippen molar-refractivity contribution in [1.82, 2.24) is 29.7 Å². The first-order valence-electron chi connectivity index (χ1n) is 9.64. The Morgan fingerprint density at radius 1 is 0.917 bits per heavy atom. The summed E-state index contributed by atoms with van der Waals surface area (Å²) < 4.78 is 2.12. The zero-order valence-corrected chi connectivity index (χ0v) is 15.9. The van der Waals surface area contributed by atoms with Gasteiger partial charge in [0, 0.05) is 57.9 Å². The molecule has 0 unspecified atom stereocenters. The van der Waals surface area contributed by atoms with Crippen molar-refractivity contribution in [3.05, 3.63) is 11.9 Å². The minimum atomic E-state index is 0.527.